The van der Waals surface area contributed by atoms with Crippen LogP contribution in [-0.4, -0.2) is 88.3 Å². The molecule has 0 aromatic heterocycles. The number of aliphatic hydroxyl groups is 1. The van der Waals surface area contributed by atoms with Crippen LogP contribution in [0.15, 0.2) is 0 Å². The van der Waals surface area contributed by atoms with E-state index < -0.39 is 66.4 Å². The predicted octanol–water partition coefficient (Wildman–Crippen LogP) is -2.74. The minimum atomic E-state index is -1.56. The molecule has 3 amide bonds. The molecule has 1 rings (SSSR count). The Labute approximate surface area is 185 Å². The van der Waals surface area contributed by atoms with Gasteiger partial charge in [0.05, 0.1) is 18.6 Å². The number of unbranched alkanes of at least 4 members (excludes halogenated alkanes) is 1. The van der Waals surface area contributed by atoms with E-state index in [-0.39, 0.29) is 6.42 Å². The SMILES string of the molecule is CC(O)C(NC(=O)C(CC(=O)O)NC(=O)C1CCCN1)C(=O)NC(CCCCN)C(=O)O. The van der Waals surface area contributed by atoms with Crippen LogP contribution in [0.5, 0.6) is 0 Å². The number of aliphatic carboxylic acids is 2. The highest BCUT2D eigenvalue weighted by atomic mass is 16.4. The Morgan fingerprint density at radius 2 is 1.72 bits per heavy atom. The van der Waals surface area contributed by atoms with E-state index in [2.05, 4.69) is 21.3 Å². The molecule has 1 heterocycles. The van der Waals surface area contributed by atoms with Crippen molar-refractivity contribution in [3.63, 3.8) is 0 Å². The highest BCUT2D eigenvalue weighted by molar-refractivity contribution is 5.95. The first kappa shape index (κ1) is 27.3. The van der Waals surface area contributed by atoms with Crippen molar-refractivity contribution in [2.24, 2.45) is 5.73 Å². The molecular formula is C19H33N5O8. The van der Waals surface area contributed by atoms with E-state index >= 15 is 0 Å². The van der Waals surface area contributed by atoms with Crippen molar-refractivity contribution in [1.82, 2.24) is 21.3 Å². The first-order chi connectivity index (χ1) is 15.1. The molecule has 0 aliphatic carbocycles. The zero-order chi connectivity index (χ0) is 24.3. The van der Waals surface area contributed by atoms with E-state index in [1.165, 1.54) is 6.92 Å². The van der Waals surface area contributed by atoms with Gasteiger partial charge in [0.15, 0.2) is 0 Å². The highest BCUT2D eigenvalue weighted by Gasteiger charge is 2.34. The molecule has 13 nitrogen and oxygen atoms in total. The summed E-state index contributed by atoms with van der Waals surface area (Å²) >= 11 is 0. The van der Waals surface area contributed by atoms with Gasteiger partial charge in [0.25, 0.3) is 0 Å². The minimum absolute atomic E-state index is 0.102. The fourth-order valence-electron chi connectivity index (χ4n) is 3.24. The Kier molecular flexibility index (Phi) is 11.6. The van der Waals surface area contributed by atoms with E-state index in [9.17, 15) is 34.2 Å². The standard InChI is InChI=1S/C19H33N5O8/c1-10(25)15(18(30)22-12(19(31)32)5-2-3-7-20)24-17(29)13(9-14(26)27)23-16(28)11-6-4-8-21-11/h10-13,15,21,25H,2-9,20H2,1H3,(H,22,30)(H,23,28)(H,24,29)(H,26,27)(H,31,32). The molecule has 5 unspecified atom stereocenters. The molecule has 182 valence electrons. The van der Waals surface area contributed by atoms with Crippen molar-refractivity contribution in [2.75, 3.05) is 13.1 Å². The Hall–Kier alpha value is -2.77. The summed E-state index contributed by atoms with van der Waals surface area (Å²) in [7, 11) is 0. The van der Waals surface area contributed by atoms with Crippen LogP contribution in [0.25, 0.3) is 0 Å². The van der Waals surface area contributed by atoms with Crippen LogP contribution in [-0.2, 0) is 24.0 Å². The Balaban J connectivity index is 2.84. The van der Waals surface area contributed by atoms with Crippen LogP contribution >= 0.6 is 0 Å². The van der Waals surface area contributed by atoms with Gasteiger partial charge in [-0.2, -0.15) is 0 Å². The number of aliphatic hydroxyl groups excluding tert-OH is 1. The van der Waals surface area contributed by atoms with Crippen LogP contribution in [0.4, 0.5) is 0 Å². The predicted molar refractivity (Wildman–Crippen MR) is 111 cm³/mol. The summed E-state index contributed by atoms with van der Waals surface area (Å²) in [6.45, 7) is 2.19. The topological polar surface area (TPSA) is 220 Å². The number of amides is 3. The van der Waals surface area contributed by atoms with Crippen LogP contribution in [0.2, 0.25) is 0 Å². The van der Waals surface area contributed by atoms with E-state index in [4.69, 9.17) is 10.8 Å². The second-order valence-electron chi connectivity index (χ2n) is 7.72. The number of carbonyl (C=O) groups is 5. The summed E-state index contributed by atoms with van der Waals surface area (Å²) < 4.78 is 0. The number of hydrogen-bond donors (Lipinski definition) is 8. The molecule has 1 saturated heterocycles. The zero-order valence-electron chi connectivity index (χ0n) is 18.0. The van der Waals surface area contributed by atoms with Gasteiger partial charge in [-0.05, 0) is 52.1 Å². The number of carbonyl (C=O) groups excluding carboxylic acids is 3. The number of nitrogens with two attached hydrogens (primary N) is 1. The monoisotopic (exact) mass is 459 g/mol. The van der Waals surface area contributed by atoms with Crippen LogP contribution in [0.1, 0.15) is 45.4 Å². The van der Waals surface area contributed by atoms with Gasteiger partial charge in [-0.3, -0.25) is 19.2 Å². The molecule has 0 aromatic rings. The van der Waals surface area contributed by atoms with Gasteiger partial charge in [0.2, 0.25) is 17.7 Å². The fraction of sp³-hybridized carbons (Fsp3) is 0.737. The highest BCUT2D eigenvalue weighted by Crippen LogP contribution is 2.07. The third kappa shape index (κ3) is 9.16. The number of carboxylic acid groups (broad SMARTS) is 2. The van der Waals surface area contributed by atoms with Crippen molar-refractivity contribution < 1.29 is 39.3 Å². The molecule has 0 spiro atoms. The Morgan fingerprint density at radius 1 is 1.03 bits per heavy atom. The maximum atomic E-state index is 12.6. The lowest BCUT2D eigenvalue weighted by Crippen LogP contribution is -2.60. The first-order valence-electron chi connectivity index (χ1n) is 10.5. The van der Waals surface area contributed by atoms with Gasteiger partial charge < -0.3 is 42.3 Å². The van der Waals surface area contributed by atoms with Crippen molar-refractivity contribution >= 4 is 29.7 Å². The van der Waals surface area contributed by atoms with Crippen LogP contribution in [0, 0.1) is 0 Å². The fourth-order valence-corrected chi connectivity index (χ4v) is 3.24. The summed E-state index contributed by atoms with van der Waals surface area (Å²) in [6.07, 6.45) is 0.237. The van der Waals surface area contributed by atoms with Gasteiger partial charge in [0, 0.05) is 0 Å². The zero-order valence-corrected chi connectivity index (χ0v) is 18.0. The summed E-state index contributed by atoms with van der Waals surface area (Å²) in [6, 6.07) is -4.86. The minimum Gasteiger partial charge on any atom is -0.481 e. The molecule has 9 N–H and O–H groups in total. The van der Waals surface area contributed by atoms with E-state index in [1.54, 1.807) is 0 Å². The second-order valence-corrected chi connectivity index (χ2v) is 7.72. The third-order valence-corrected chi connectivity index (χ3v) is 5.01. The quantitative estimate of drug-likeness (QED) is 0.125. The van der Waals surface area contributed by atoms with Crippen molar-refractivity contribution in [3.05, 3.63) is 0 Å². The van der Waals surface area contributed by atoms with Gasteiger partial charge in [-0.15, -0.1) is 0 Å². The lowest BCUT2D eigenvalue weighted by Gasteiger charge is -2.26. The van der Waals surface area contributed by atoms with Gasteiger partial charge in [-0.25, -0.2) is 4.79 Å². The summed E-state index contributed by atoms with van der Waals surface area (Å²) in [5.41, 5.74) is 5.38. The molecule has 1 fully saturated rings. The van der Waals surface area contributed by atoms with Crippen LogP contribution in [0.3, 0.4) is 0 Å². The normalized spacial score (nSPS) is 19.3. The lowest BCUT2D eigenvalue weighted by atomic mass is 10.1. The lowest BCUT2D eigenvalue weighted by molar-refractivity contribution is -0.144. The number of carboxylic acids is 2. The molecule has 5 atom stereocenters. The molecule has 0 aromatic carbocycles. The Morgan fingerprint density at radius 3 is 2.22 bits per heavy atom. The second kappa shape index (κ2) is 13.6. The van der Waals surface area contributed by atoms with Gasteiger partial charge in [0.1, 0.15) is 18.1 Å². The molecule has 32 heavy (non-hydrogen) atoms. The van der Waals surface area contributed by atoms with E-state index in [0.717, 1.165) is 6.42 Å². The van der Waals surface area contributed by atoms with Crippen molar-refractivity contribution in [3.8, 4) is 0 Å². The first-order valence-corrected chi connectivity index (χ1v) is 10.5. The molecule has 0 saturated carbocycles. The maximum absolute atomic E-state index is 12.6. The number of hydrogen-bond acceptors (Lipinski definition) is 8. The molecule has 0 radical (unpaired) electrons. The number of nitrogens with one attached hydrogen (secondary N) is 4. The maximum Gasteiger partial charge on any atom is 0.326 e. The average Bonchev–Trinajstić information content (AvgIpc) is 3.24. The summed E-state index contributed by atoms with van der Waals surface area (Å²) in [5, 5.41) is 38.1. The molecule has 1 aliphatic rings. The smallest absolute Gasteiger partial charge is 0.326 e. The Bertz CT molecular complexity index is 681. The van der Waals surface area contributed by atoms with Crippen LogP contribution < -0.4 is 27.0 Å². The molecule has 1 aliphatic heterocycles. The van der Waals surface area contributed by atoms with Gasteiger partial charge >= 0.3 is 11.9 Å². The van der Waals surface area contributed by atoms with Crippen molar-refractivity contribution in [2.45, 2.75) is 75.7 Å². The van der Waals surface area contributed by atoms with Gasteiger partial charge in [-0.1, -0.05) is 0 Å². The van der Waals surface area contributed by atoms with E-state index in [0.29, 0.717) is 32.4 Å². The largest absolute Gasteiger partial charge is 0.481 e. The van der Waals surface area contributed by atoms with E-state index in [1.807, 2.05) is 0 Å². The number of rotatable bonds is 14. The molecule has 0 bridgehead atoms. The molecular weight excluding hydrogens is 426 g/mol. The third-order valence-electron chi connectivity index (χ3n) is 5.01. The summed E-state index contributed by atoms with van der Waals surface area (Å²) in [5.74, 6) is -5.13. The molecule has 13 heteroatoms. The average molecular weight is 460 g/mol. The summed E-state index contributed by atoms with van der Waals surface area (Å²) in [4.78, 5) is 60.1. The van der Waals surface area contributed by atoms with Crippen molar-refractivity contribution in [1.29, 1.82) is 0 Å².